The minimum Gasteiger partial charge on any atom is -0.497 e. The highest BCUT2D eigenvalue weighted by molar-refractivity contribution is 5.97. The molecule has 0 fully saturated rings. The smallest absolute Gasteiger partial charge is 0.257 e. The van der Waals surface area contributed by atoms with Crippen LogP contribution >= 0.6 is 0 Å². The summed E-state index contributed by atoms with van der Waals surface area (Å²) >= 11 is 0. The number of hydrogen-bond acceptors (Lipinski definition) is 3. The molecule has 2 aromatic rings. The zero-order valence-electron chi connectivity index (χ0n) is 13.2. The van der Waals surface area contributed by atoms with Crippen molar-refractivity contribution >= 4 is 5.91 Å². The Kier molecular flexibility index (Phi) is 5.42. The summed E-state index contributed by atoms with van der Waals surface area (Å²) in [5.74, 6) is 1.97. The van der Waals surface area contributed by atoms with Gasteiger partial charge in [-0.15, -0.1) is 0 Å². The third-order valence-electron chi connectivity index (χ3n) is 3.46. The highest BCUT2D eigenvalue weighted by atomic mass is 16.5. The van der Waals surface area contributed by atoms with Crippen molar-refractivity contribution in [3.05, 3.63) is 54.1 Å². The van der Waals surface area contributed by atoms with Gasteiger partial charge in [0.15, 0.2) is 0 Å². The van der Waals surface area contributed by atoms with Gasteiger partial charge in [-0.05, 0) is 50.2 Å². The first kappa shape index (κ1) is 15.9. The maximum Gasteiger partial charge on any atom is 0.257 e. The van der Waals surface area contributed by atoms with E-state index < -0.39 is 0 Å². The molecule has 0 spiro atoms. The van der Waals surface area contributed by atoms with Gasteiger partial charge in [0.2, 0.25) is 0 Å². The number of para-hydroxylation sites is 1. The predicted octanol–water partition coefficient (Wildman–Crippen LogP) is 3.97. The second-order valence-electron chi connectivity index (χ2n) is 4.75. The molecule has 2 rings (SSSR count). The Balaban J connectivity index is 2.25. The van der Waals surface area contributed by atoms with Crippen molar-refractivity contribution in [2.75, 3.05) is 20.2 Å². The zero-order chi connectivity index (χ0) is 15.9. The summed E-state index contributed by atoms with van der Waals surface area (Å²) in [6.45, 7) is 5.28. The van der Waals surface area contributed by atoms with Crippen molar-refractivity contribution in [1.29, 1.82) is 0 Å². The second kappa shape index (κ2) is 7.50. The van der Waals surface area contributed by atoms with Gasteiger partial charge in [-0.1, -0.05) is 12.1 Å². The molecular formula is C18H21NO3. The quantitative estimate of drug-likeness (QED) is 0.810. The lowest BCUT2D eigenvalue weighted by Crippen LogP contribution is -2.30. The summed E-state index contributed by atoms with van der Waals surface area (Å²) in [7, 11) is 1.62. The minimum atomic E-state index is -0.0193. The molecule has 4 nitrogen and oxygen atoms in total. The number of carbonyl (C=O) groups is 1. The van der Waals surface area contributed by atoms with Crippen LogP contribution in [0.2, 0.25) is 0 Å². The highest BCUT2D eigenvalue weighted by Crippen LogP contribution is 2.27. The van der Waals surface area contributed by atoms with Crippen LogP contribution in [0.25, 0.3) is 0 Å². The van der Waals surface area contributed by atoms with Crippen molar-refractivity contribution in [3.8, 4) is 17.2 Å². The summed E-state index contributed by atoms with van der Waals surface area (Å²) in [5, 5.41) is 0. The third kappa shape index (κ3) is 3.58. The van der Waals surface area contributed by atoms with Gasteiger partial charge >= 0.3 is 0 Å². The van der Waals surface area contributed by atoms with Crippen molar-refractivity contribution < 1.29 is 14.3 Å². The molecule has 116 valence electrons. The fourth-order valence-electron chi connectivity index (χ4n) is 2.18. The van der Waals surface area contributed by atoms with E-state index in [0.29, 0.717) is 30.2 Å². The molecule has 1 amide bonds. The topological polar surface area (TPSA) is 38.8 Å². The Hall–Kier alpha value is -2.49. The van der Waals surface area contributed by atoms with Crippen LogP contribution in [-0.4, -0.2) is 31.0 Å². The lowest BCUT2D eigenvalue weighted by Gasteiger charge is -2.20. The molecule has 0 aromatic heterocycles. The number of benzene rings is 2. The molecule has 2 aromatic carbocycles. The van der Waals surface area contributed by atoms with Crippen molar-refractivity contribution in [2.45, 2.75) is 13.8 Å². The number of methoxy groups -OCH3 is 1. The van der Waals surface area contributed by atoms with E-state index in [0.717, 1.165) is 5.75 Å². The van der Waals surface area contributed by atoms with Crippen LogP contribution in [0.1, 0.15) is 24.2 Å². The fourth-order valence-corrected chi connectivity index (χ4v) is 2.18. The summed E-state index contributed by atoms with van der Waals surface area (Å²) in [6, 6.07) is 14.6. The molecule has 22 heavy (non-hydrogen) atoms. The fraction of sp³-hybridized carbons (Fsp3) is 0.278. The van der Waals surface area contributed by atoms with E-state index in [1.54, 1.807) is 24.1 Å². The monoisotopic (exact) mass is 299 g/mol. The second-order valence-corrected chi connectivity index (χ2v) is 4.75. The van der Waals surface area contributed by atoms with Gasteiger partial charge in [0.05, 0.1) is 12.7 Å². The number of amides is 1. The average molecular weight is 299 g/mol. The highest BCUT2D eigenvalue weighted by Gasteiger charge is 2.17. The molecule has 4 heteroatoms. The summed E-state index contributed by atoms with van der Waals surface area (Å²) in [4.78, 5) is 14.3. The van der Waals surface area contributed by atoms with Crippen molar-refractivity contribution in [1.82, 2.24) is 4.90 Å². The van der Waals surface area contributed by atoms with Crippen LogP contribution in [0.5, 0.6) is 17.2 Å². The average Bonchev–Trinajstić information content (AvgIpc) is 2.57. The third-order valence-corrected chi connectivity index (χ3v) is 3.46. The maximum atomic E-state index is 12.5. The Morgan fingerprint density at radius 2 is 1.55 bits per heavy atom. The zero-order valence-corrected chi connectivity index (χ0v) is 13.2. The summed E-state index contributed by atoms with van der Waals surface area (Å²) < 4.78 is 11.0. The number of hydrogen-bond donors (Lipinski definition) is 0. The minimum absolute atomic E-state index is 0.0193. The van der Waals surface area contributed by atoms with E-state index in [1.807, 2.05) is 50.2 Å². The van der Waals surface area contributed by atoms with Gasteiger partial charge in [-0.25, -0.2) is 0 Å². The molecule has 0 N–H and O–H groups in total. The first-order valence-corrected chi connectivity index (χ1v) is 7.39. The van der Waals surface area contributed by atoms with Gasteiger partial charge < -0.3 is 14.4 Å². The number of rotatable bonds is 6. The summed E-state index contributed by atoms with van der Waals surface area (Å²) in [5.41, 5.74) is 0.571. The van der Waals surface area contributed by atoms with Gasteiger partial charge in [0.25, 0.3) is 5.91 Å². The number of carbonyl (C=O) groups excluding carboxylic acids is 1. The molecule has 0 atom stereocenters. The van der Waals surface area contributed by atoms with E-state index in [2.05, 4.69) is 0 Å². The van der Waals surface area contributed by atoms with E-state index in [1.165, 1.54) is 0 Å². The lowest BCUT2D eigenvalue weighted by molar-refractivity contribution is 0.0770. The molecule has 0 aliphatic carbocycles. The van der Waals surface area contributed by atoms with Gasteiger partial charge in [0, 0.05) is 13.1 Å². The molecule has 0 radical (unpaired) electrons. The molecule has 0 aliphatic rings. The lowest BCUT2D eigenvalue weighted by atomic mass is 10.1. The Morgan fingerprint density at radius 1 is 0.955 bits per heavy atom. The van der Waals surface area contributed by atoms with Crippen LogP contribution < -0.4 is 9.47 Å². The van der Waals surface area contributed by atoms with Gasteiger partial charge in [-0.3, -0.25) is 4.79 Å². The van der Waals surface area contributed by atoms with E-state index in [9.17, 15) is 4.79 Å². The molecular weight excluding hydrogens is 278 g/mol. The van der Waals surface area contributed by atoms with Gasteiger partial charge in [0.1, 0.15) is 17.2 Å². The first-order chi connectivity index (χ1) is 10.7. The molecule has 0 saturated heterocycles. The largest absolute Gasteiger partial charge is 0.497 e. The Bertz CT molecular complexity index is 618. The molecule has 0 aliphatic heterocycles. The first-order valence-electron chi connectivity index (χ1n) is 7.39. The number of ether oxygens (including phenoxy) is 2. The standard InChI is InChI=1S/C18H21NO3/c1-4-19(5-2)18(20)16-8-6-7-9-17(16)22-15-12-10-14(21-3)11-13-15/h6-13H,4-5H2,1-3H3. The normalized spacial score (nSPS) is 10.1. The van der Waals surface area contributed by atoms with Crippen LogP contribution in [-0.2, 0) is 0 Å². The van der Waals surface area contributed by atoms with Gasteiger partial charge in [-0.2, -0.15) is 0 Å². The van der Waals surface area contributed by atoms with Crippen LogP contribution in [0.3, 0.4) is 0 Å². The van der Waals surface area contributed by atoms with E-state index in [4.69, 9.17) is 9.47 Å². The van der Waals surface area contributed by atoms with Crippen molar-refractivity contribution in [2.24, 2.45) is 0 Å². The maximum absolute atomic E-state index is 12.5. The molecule has 0 unspecified atom stereocenters. The van der Waals surface area contributed by atoms with E-state index >= 15 is 0 Å². The molecule has 0 bridgehead atoms. The van der Waals surface area contributed by atoms with Crippen LogP contribution in [0, 0.1) is 0 Å². The van der Waals surface area contributed by atoms with Crippen LogP contribution in [0.15, 0.2) is 48.5 Å². The summed E-state index contributed by atoms with van der Waals surface area (Å²) in [6.07, 6.45) is 0. The van der Waals surface area contributed by atoms with Crippen molar-refractivity contribution in [3.63, 3.8) is 0 Å². The molecule has 0 saturated carbocycles. The predicted molar refractivity (Wildman–Crippen MR) is 86.8 cm³/mol. The van der Waals surface area contributed by atoms with Crippen LogP contribution in [0.4, 0.5) is 0 Å². The number of nitrogens with zero attached hydrogens (tertiary/aromatic N) is 1. The Morgan fingerprint density at radius 3 is 2.14 bits per heavy atom. The SMILES string of the molecule is CCN(CC)C(=O)c1ccccc1Oc1ccc(OC)cc1. The Labute approximate surface area is 131 Å². The van der Waals surface area contributed by atoms with E-state index in [-0.39, 0.29) is 5.91 Å². The molecule has 0 heterocycles.